The Kier molecular flexibility index (Phi) is 3.67. The summed E-state index contributed by atoms with van der Waals surface area (Å²) in [6.07, 6.45) is -4.64. The zero-order valence-corrected chi connectivity index (χ0v) is 12.0. The number of nitrogens with one attached hydrogen (secondary N) is 2. The quantitative estimate of drug-likeness (QED) is 0.715. The summed E-state index contributed by atoms with van der Waals surface area (Å²) in [4.78, 5) is 9.87. The van der Waals surface area contributed by atoms with E-state index in [1.165, 1.54) is 12.1 Å². The second-order valence-corrected chi connectivity index (χ2v) is 5.09. The van der Waals surface area contributed by atoms with Crippen molar-refractivity contribution < 1.29 is 17.6 Å². The molecule has 0 fully saturated rings. The van der Waals surface area contributed by atoms with Crippen LogP contribution >= 0.6 is 0 Å². The molecule has 4 nitrogen and oxygen atoms in total. The molecular formula is C15H12F4N4. The van der Waals surface area contributed by atoms with Gasteiger partial charge in [-0.3, -0.25) is 0 Å². The molecule has 0 aliphatic heterocycles. The van der Waals surface area contributed by atoms with E-state index in [1.54, 1.807) is 25.1 Å². The van der Waals surface area contributed by atoms with Crippen LogP contribution in [-0.2, 0) is 12.7 Å². The van der Waals surface area contributed by atoms with Crippen molar-refractivity contribution in [2.45, 2.75) is 19.6 Å². The minimum Gasteiger partial charge on any atom is -0.365 e. The minimum atomic E-state index is -4.64. The van der Waals surface area contributed by atoms with Gasteiger partial charge in [0, 0.05) is 12.2 Å². The van der Waals surface area contributed by atoms with Crippen LogP contribution in [-0.4, -0.2) is 15.0 Å². The number of hydrogen-bond donors (Lipinski definition) is 2. The number of benzene rings is 1. The second kappa shape index (κ2) is 5.53. The van der Waals surface area contributed by atoms with Crippen LogP contribution < -0.4 is 5.32 Å². The maximum absolute atomic E-state index is 12.9. The lowest BCUT2D eigenvalue weighted by molar-refractivity contribution is -0.144. The third-order valence-corrected chi connectivity index (χ3v) is 3.25. The van der Waals surface area contributed by atoms with Crippen LogP contribution in [0.25, 0.3) is 11.0 Å². The maximum Gasteiger partial charge on any atom is 0.451 e. The predicted octanol–water partition coefficient (Wildman–Crippen LogP) is 4.04. The number of nitrogens with zero attached hydrogens (tertiary/aromatic N) is 2. The number of rotatable bonds is 3. The van der Waals surface area contributed by atoms with Crippen LogP contribution in [0.15, 0.2) is 30.3 Å². The number of halogens is 4. The molecule has 0 aliphatic rings. The highest BCUT2D eigenvalue weighted by Gasteiger charge is 2.35. The third kappa shape index (κ3) is 3.25. The van der Waals surface area contributed by atoms with Crippen LogP contribution in [0.3, 0.4) is 0 Å². The van der Waals surface area contributed by atoms with E-state index in [9.17, 15) is 17.6 Å². The predicted molar refractivity (Wildman–Crippen MR) is 77.4 cm³/mol. The molecule has 0 bridgehead atoms. The molecule has 3 aromatic rings. The van der Waals surface area contributed by atoms with Gasteiger partial charge in [0.1, 0.15) is 17.3 Å². The number of fused-ring (bicyclic) bond motifs is 1. The van der Waals surface area contributed by atoms with Crippen LogP contribution in [0.4, 0.5) is 23.4 Å². The fourth-order valence-corrected chi connectivity index (χ4v) is 2.19. The molecule has 0 radical (unpaired) electrons. The summed E-state index contributed by atoms with van der Waals surface area (Å²) in [6, 6.07) is 7.34. The largest absolute Gasteiger partial charge is 0.451 e. The fraction of sp³-hybridized carbons (Fsp3) is 0.200. The first-order valence-electron chi connectivity index (χ1n) is 6.76. The topological polar surface area (TPSA) is 53.6 Å². The number of anilines is 1. The average molecular weight is 324 g/mol. The molecule has 2 aromatic heterocycles. The highest BCUT2D eigenvalue weighted by Crippen LogP contribution is 2.30. The van der Waals surface area contributed by atoms with Crippen LogP contribution in [0.1, 0.15) is 17.1 Å². The SMILES string of the molecule is Cc1cc2c(NCc3ccc(F)cc3)nc(C(F)(F)F)nc2[nH]1. The first-order valence-corrected chi connectivity index (χ1v) is 6.76. The standard InChI is InChI=1S/C15H12F4N4/c1-8-6-11-12(20-7-9-2-4-10(16)5-3-9)22-14(15(17,18)19)23-13(11)21-8/h2-6H,7H2,1H3,(H2,20,21,22,23). The second-order valence-electron chi connectivity index (χ2n) is 5.09. The Morgan fingerprint density at radius 2 is 1.83 bits per heavy atom. The Hall–Kier alpha value is -2.64. The van der Waals surface area contributed by atoms with E-state index in [-0.39, 0.29) is 23.8 Å². The van der Waals surface area contributed by atoms with Crippen molar-refractivity contribution in [3.8, 4) is 0 Å². The molecule has 0 saturated heterocycles. The van der Waals surface area contributed by atoms with Gasteiger partial charge in [0.05, 0.1) is 5.39 Å². The summed E-state index contributed by atoms with van der Waals surface area (Å²) in [5, 5.41) is 3.33. The lowest BCUT2D eigenvalue weighted by atomic mass is 10.2. The minimum absolute atomic E-state index is 0.0796. The van der Waals surface area contributed by atoms with Gasteiger partial charge in [-0.15, -0.1) is 0 Å². The van der Waals surface area contributed by atoms with Gasteiger partial charge in [-0.2, -0.15) is 13.2 Å². The molecule has 2 N–H and O–H groups in total. The molecule has 0 amide bonds. The van der Waals surface area contributed by atoms with E-state index in [4.69, 9.17) is 0 Å². The van der Waals surface area contributed by atoms with Gasteiger partial charge in [0.15, 0.2) is 0 Å². The molecule has 0 unspecified atom stereocenters. The number of aromatic nitrogens is 3. The Morgan fingerprint density at radius 1 is 1.13 bits per heavy atom. The Morgan fingerprint density at radius 3 is 2.48 bits per heavy atom. The molecule has 120 valence electrons. The van der Waals surface area contributed by atoms with Crippen LogP contribution in [0.5, 0.6) is 0 Å². The van der Waals surface area contributed by atoms with Crippen molar-refractivity contribution in [1.82, 2.24) is 15.0 Å². The third-order valence-electron chi connectivity index (χ3n) is 3.25. The first-order chi connectivity index (χ1) is 10.8. The smallest absolute Gasteiger partial charge is 0.365 e. The van der Waals surface area contributed by atoms with Crippen molar-refractivity contribution in [1.29, 1.82) is 0 Å². The van der Waals surface area contributed by atoms with E-state index >= 15 is 0 Å². The summed E-state index contributed by atoms with van der Waals surface area (Å²) < 4.78 is 51.6. The van der Waals surface area contributed by atoms with Gasteiger partial charge >= 0.3 is 6.18 Å². The maximum atomic E-state index is 12.9. The molecule has 23 heavy (non-hydrogen) atoms. The normalized spacial score (nSPS) is 11.9. The number of H-pyrrole nitrogens is 1. The number of aryl methyl sites for hydroxylation is 1. The summed E-state index contributed by atoms with van der Waals surface area (Å²) >= 11 is 0. The summed E-state index contributed by atoms with van der Waals surface area (Å²) in [5.41, 5.74) is 1.52. The van der Waals surface area contributed by atoms with Gasteiger partial charge in [0.2, 0.25) is 5.82 Å². The molecule has 2 heterocycles. The lowest BCUT2D eigenvalue weighted by Crippen LogP contribution is -2.13. The van der Waals surface area contributed by atoms with Crippen molar-refractivity contribution in [2.24, 2.45) is 0 Å². The van der Waals surface area contributed by atoms with E-state index < -0.39 is 12.0 Å². The van der Waals surface area contributed by atoms with E-state index in [2.05, 4.69) is 20.3 Å². The first kappa shape index (κ1) is 15.3. The zero-order chi connectivity index (χ0) is 16.6. The molecule has 8 heteroatoms. The van der Waals surface area contributed by atoms with Gasteiger partial charge in [-0.05, 0) is 30.7 Å². The molecule has 0 aliphatic carbocycles. The molecule has 0 saturated carbocycles. The Labute approximate surface area is 128 Å². The van der Waals surface area contributed by atoms with E-state index in [0.717, 1.165) is 5.56 Å². The summed E-state index contributed by atoms with van der Waals surface area (Å²) in [7, 11) is 0. The van der Waals surface area contributed by atoms with E-state index in [0.29, 0.717) is 11.1 Å². The van der Waals surface area contributed by atoms with Crippen molar-refractivity contribution in [3.05, 3.63) is 53.2 Å². The van der Waals surface area contributed by atoms with Crippen LogP contribution in [0.2, 0.25) is 0 Å². The molecule has 3 rings (SSSR count). The van der Waals surface area contributed by atoms with Gasteiger partial charge in [-0.1, -0.05) is 12.1 Å². The fourth-order valence-electron chi connectivity index (χ4n) is 2.19. The van der Waals surface area contributed by atoms with E-state index in [1.807, 2.05) is 0 Å². The zero-order valence-electron chi connectivity index (χ0n) is 12.0. The van der Waals surface area contributed by atoms with Crippen molar-refractivity contribution in [2.75, 3.05) is 5.32 Å². The number of alkyl halides is 3. The summed E-state index contributed by atoms with van der Waals surface area (Å²) in [6.45, 7) is 1.94. The van der Waals surface area contributed by atoms with Gasteiger partial charge < -0.3 is 10.3 Å². The Balaban J connectivity index is 1.96. The molecule has 1 aromatic carbocycles. The average Bonchev–Trinajstić information content (AvgIpc) is 2.85. The number of aromatic amines is 1. The Bertz CT molecular complexity index is 837. The molecular weight excluding hydrogens is 312 g/mol. The molecule has 0 atom stereocenters. The monoisotopic (exact) mass is 324 g/mol. The highest BCUT2D eigenvalue weighted by atomic mass is 19.4. The summed E-state index contributed by atoms with van der Waals surface area (Å²) in [5.74, 6) is -1.51. The number of hydrogen-bond acceptors (Lipinski definition) is 3. The highest BCUT2D eigenvalue weighted by molar-refractivity contribution is 5.87. The van der Waals surface area contributed by atoms with Gasteiger partial charge in [0.25, 0.3) is 0 Å². The van der Waals surface area contributed by atoms with Crippen molar-refractivity contribution in [3.63, 3.8) is 0 Å². The van der Waals surface area contributed by atoms with Crippen molar-refractivity contribution >= 4 is 16.9 Å². The van der Waals surface area contributed by atoms with Gasteiger partial charge in [-0.25, -0.2) is 14.4 Å². The molecule has 0 spiro atoms. The van der Waals surface area contributed by atoms with Crippen LogP contribution in [0, 0.1) is 12.7 Å². The lowest BCUT2D eigenvalue weighted by Gasteiger charge is -2.10.